The summed E-state index contributed by atoms with van der Waals surface area (Å²) in [7, 11) is 0. The Morgan fingerprint density at radius 1 is 0.943 bits per heavy atom. The SMILES string of the molecule is Cc1c(Nc2nccc3cc(CN4CC[C@@H](O)C4)cnc23)cccc1-c1cccc(-c2nc3cc(CN4CC[C@@H](C(=O)O)C4)cc(C#N)c3o2)c1C.Cl. The van der Waals surface area contributed by atoms with E-state index in [1.165, 1.54) is 0 Å². The Bertz CT molecular complexity index is 2390. The Balaban J connectivity index is 0.00000435. The number of oxazole rings is 1. The molecule has 6 aromatic rings. The van der Waals surface area contributed by atoms with Crippen LogP contribution in [0.2, 0.25) is 0 Å². The molecule has 270 valence electrons. The predicted octanol–water partition coefficient (Wildman–Crippen LogP) is 7.23. The topological polar surface area (TPSA) is 152 Å². The number of nitriles is 1. The highest BCUT2D eigenvalue weighted by atomic mass is 35.5. The van der Waals surface area contributed by atoms with Crippen molar-refractivity contribution in [3.63, 3.8) is 0 Å². The number of likely N-dealkylation sites (tertiary alicyclic amines) is 2. The van der Waals surface area contributed by atoms with Crippen molar-refractivity contribution in [1.29, 1.82) is 5.26 Å². The predicted molar refractivity (Wildman–Crippen MR) is 206 cm³/mol. The van der Waals surface area contributed by atoms with Crippen LogP contribution in [0.5, 0.6) is 0 Å². The van der Waals surface area contributed by atoms with Crippen molar-refractivity contribution in [3.8, 4) is 28.7 Å². The number of hydrogen-bond acceptors (Lipinski definition) is 10. The third-order valence-electron chi connectivity index (χ3n) is 10.4. The fourth-order valence-corrected chi connectivity index (χ4v) is 7.66. The lowest BCUT2D eigenvalue weighted by Gasteiger charge is -2.17. The number of aliphatic hydroxyl groups is 1. The molecule has 53 heavy (non-hydrogen) atoms. The third kappa shape index (κ3) is 7.19. The van der Waals surface area contributed by atoms with E-state index in [9.17, 15) is 20.3 Å². The van der Waals surface area contributed by atoms with Crippen molar-refractivity contribution in [2.24, 2.45) is 5.92 Å². The highest BCUT2D eigenvalue weighted by Crippen LogP contribution is 2.38. The molecule has 2 aliphatic heterocycles. The maximum absolute atomic E-state index is 11.5. The maximum atomic E-state index is 11.5. The zero-order valence-electron chi connectivity index (χ0n) is 29.5. The Morgan fingerprint density at radius 2 is 1.68 bits per heavy atom. The van der Waals surface area contributed by atoms with Gasteiger partial charge in [-0.2, -0.15) is 5.26 Å². The van der Waals surface area contributed by atoms with E-state index in [4.69, 9.17) is 14.4 Å². The molecule has 3 aromatic carbocycles. The van der Waals surface area contributed by atoms with Crippen molar-refractivity contribution in [3.05, 3.63) is 101 Å². The molecule has 0 saturated carbocycles. The van der Waals surface area contributed by atoms with Crippen LogP contribution >= 0.6 is 12.4 Å². The van der Waals surface area contributed by atoms with Crippen molar-refractivity contribution in [2.75, 3.05) is 31.5 Å². The molecule has 12 heteroatoms. The summed E-state index contributed by atoms with van der Waals surface area (Å²) < 4.78 is 6.28. The van der Waals surface area contributed by atoms with E-state index in [0.29, 0.717) is 61.0 Å². The molecule has 0 aliphatic carbocycles. The normalized spacial score (nSPS) is 17.6. The van der Waals surface area contributed by atoms with Gasteiger partial charge in [-0.25, -0.2) is 9.97 Å². The van der Waals surface area contributed by atoms with Crippen LogP contribution in [0.1, 0.15) is 40.7 Å². The molecule has 0 amide bonds. The summed E-state index contributed by atoms with van der Waals surface area (Å²) in [5, 5.41) is 33.9. The first kappa shape index (κ1) is 36.0. The van der Waals surface area contributed by atoms with Gasteiger partial charge in [-0.3, -0.25) is 19.6 Å². The minimum Gasteiger partial charge on any atom is -0.481 e. The molecule has 8 rings (SSSR count). The summed E-state index contributed by atoms with van der Waals surface area (Å²) in [6, 6.07) is 22.4. The molecular weight excluding hydrogens is 690 g/mol. The molecule has 2 fully saturated rings. The Labute approximate surface area is 313 Å². The number of aliphatic hydroxyl groups excluding tert-OH is 1. The zero-order chi connectivity index (χ0) is 35.9. The number of β-amino-alcohol motifs (C(OH)–C–C–N with tert-alkyl or cyclic N) is 1. The highest BCUT2D eigenvalue weighted by molar-refractivity contribution is 5.91. The quantitative estimate of drug-likeness (QED) is 0.138. The van der Waals surface area contributed by atoms with Crippen LogP contribution in [0.15, 0.2) is 77.5 Å². The molecule has 0 radical (unpaired) electrons. The van der Waals surface area contributed by atoms with Crippen molar-refractivity contribution in [1.82, 2.24) is 24.8 Å². The van der Waals surface area contributed by atoms with Gasteiger partial charge in [0.15, 0.2) is 11.4 Å². The summed E-state index contributed by atoms with van der Waals surface area (Å²) in [5.41, 5.74) is 10.1. The van der Waals surface area contributed by atoms with Crippen LogP contribution in [0.25, 0.3) is 44.6 Å². The lowest BCUT2D eigenvalue weighted by molar-refractivity contribution is -0.141. The van der Waals surface area contributed by atoms with Crippen molar-refractivity contribution in [2.45, 2.75) is 45.9 Å². The first-order valence-electron chi connectivity index (χ1n) is 17.6. The minimum absolute atomic E-state index is 0. The van der Waals surface area contributed by atoms with Gasteiger partial charge in [-0.15, -0.1) is 12.4 Å². The van der Waals surface area contributed by atoms with Gasteiger partial charge < -0.3 is 19.9 Å². The van der Waals surface area contributed by atoms with Gasteiger partial charge in [0.05, 0.1) is 17.6 Å². The Hall–Kier alpha value is -5.38. The van der Waals surface area contributed by atoms with Gasteiger partial charge in [0.25, 0.3) is 0 Å². The molecule has 3 N–H and O–H groups in total. The van der Waals surface area contributed by atoms with Crippen LogP contribution < -0.4 is 5.32 Å². The van der Waals surface area contributed by atoms with E-state index in [0.717, 1.165) is 75.0 Å². The van der Waals surface area contributed by atoms with Gasteiger partial charge in [0, 0.05) is 61.8 Å². The van der Waals surface area contributed by atoms with Gasteiger partial charge in [0.1, 0.15) is 17.1 Å². The van der Waals surface area contributed by atoms with Gasteiger partial charge in [-0.05, 0) is 103 Å². The Morgan fingerprint density at radius 3 is 2.43 bits per heavy atom. The van der Waals surface area contributed by atoms with Gasteiger partial charge in [0.2, 0.25) is 5.89 Å². The molecule has 0 spiro atoms. The number of nitrogens with one attached hydrogen (secondary N) is 1. The average Bonchev–Trinajstić information content (AvgIpc) is 3.89. The molecule has 2 atom stereocenters. The number of aliphatic carboxylic acids is 1. The monoisotopic (exact) mass is 729 g/mol. The van der Waals surface area contributed by atoms with E-state index in [1.807, 2.05) is 48.7 Å². The van der Waals surface area contributed by atoms with Crippen LogP contribution in [0, 0.1) is 31.1 Å². The molecular formula is C41H40ClN7O4. The lowest BCUT2D eigenvalue weighted by atomic mass is 9.93. The number of halogens is 1. The number of pyridine rings is 2. The van der Waals surface area contributed by atoms with Gasteiger partial charge >= 0.3 is 5.97 Å². The highest BCUT2D eigenvalue weighted by Gasteiger charge is 2.28. The van der Waals surface area contributed by atoms with E-state index in [2.05, 4.69) is 58.2 Å². The van der Waals surface area contributed by atoms with E-state index in [-0.39, 0.29) is 24.4 Å². The molecule has 2 saturated heterocycles. The Kier molecular flexibility index (Phi) is 10.1. The number of carboxylic acid groups (broad SMARTS) is 1. The number of rotatable bonds is 9. The molecule has 11 nitrogen and oxygen atoms in total. The summed E-state index contributed by atoms with van der Waals surface area (Å²) in [6.45, 7) is 8.21. The number of anilines is 2. The second-order valence-corrected chi connectivity index (χ2v) is 14.0. The fourth-order valence-electron chi connectivity index (χ4n) is 7.66. The molecule has 2 aliphatic rings. The molecule has 3 aromatic heterocycles. The largest absolute Gasteiger partial charge is 0.481 e. The zero-order valence-corrected chi connectivity index (χ0v) is 30.4. The average molecular weight is 730 g/mol. The summed E-state index contributed by atoms with van der Waals surface area (Å²) >= 11 is 0. The number of hydrogen-bond donors (Lipinski definition) is 3. The van der Waals surface area contributed by atoms with Gasteiger partial charge in [-0.1, -0.05) is 24.3 Å². The number of carboxylic acids is 1. The first-order chi connectivity index (χ1) is 25.2. The maximum Gasteiger partial charge on any atom is 0.307 e. The lowest BCUT2D eigenvalue weighted by Crippen LogP contribution is -2.22. The standard InChI is InChI=1S/C41H39N7O4.ClH/c1-24-32(5-3-7-34(24)40-46-36-17-26(15-30(18-42)38(36)52-40)20-47-13-10-29(22-47)41(50)51)33-6-4-8-35(25(33)2)45-39-37-28(9-12-43-39)16-27(19-44-37)21-48-14-11-31(49)23-48;/h3-9,12,15-17,19,29,31,49H,10-11,13-14,20-23H2,1-2H3,(H,43,45)(H,50,51);1H/t29-,31-;/m1./s1. The second kappa shape index (κ2) is 14.9. The molecule has 0 bridgehead atoms. The second-order valence-electron chi connectivity index (χ2n) is 14.0. The summed E-state index contributed by atoms with van der Waals surface area (Å²) in [6.07, 6.45) is 4.87. The number of benzene rings is 3. The third-order valence-corrected chi connectivity index (χ3v) is 10.4. The number of aromatic nitrogens is 3. The van der Waals surface area contributed by atoms with Crippen LogP contribution in [0.4, 0.5) is 11.5 Å². The van der Waals surface area contributed by atoms with Crippen molar-refractivity contribution >= 4 is 51.9 Å². The molecule has 0 unspecified atom stereocenters. The first-order valence-corrected chi connectivity index (χ1v) is 17.6. The van der Waals surface area contributed by atoms with E-state index < -0.39 is 5.97 Å². The van der Waals surface area contributed by atoms with Crippen molar-refractivity contribution < 1.29 is 19.4 Å². The fraction of sp³-hybridized carbons (Fsp3) is 0.293. The number of carbonyl (C=O) groups is 1. The molecule has 5 heterocycles. The van der Waals surface area contributed by atoms with E-state index in [1.54, 1.807) is 6.20 Å². The van der Waals surface area contributed by atoms with Crippen LogP contribution in [-0.2, 0) is 17.9 Å². The smallest absolute Gasteiger partial charge is 0.307 e. The minimum atomic E-state index is -0.767. The summed E-state index contributed by atoms with van der Waals surface area (Å²) in [5.74, 6) is -0.0155. The number of nitrogens with zero attached hydrogens (tertiary/aromatic N) is 6. The number of fused-ring (bicyclic) bond motifs is 2. The van der Waals surface area contributed by atoms with Crippen LogP contribution in [0.3, 0.4) is 0 Å². The summed E-state index contributed by atoms with van der Waals surface area (Å²) in [4.78, 5) is 30.1. The van der Waals surface area contributed by atoms with E-state index >= 15 is 0 Å². The van der Waals surface area contributed by atoms with Crippen LogP contribution in [-0.4, -0.2) is 73.2 Å².